The zero-order chi connectivity index (χ0) is 10.7. The molecule has 0 amide bonds. The Balaban J connectivity index is 2.49. The van der Waals surface area contributed by atoms with Crippen LogP contribution in [0.1, 0.15) is 33.1 Å². The molecule has 1 heterocycles. The number of aliphatic carboxylic acids is 1. The van der Waals surface area contributed by atoms with E-state index in [1.807, 2.05) is 7.05 Å². The highest BCUT2D eigenvalue weighted by Gasteiger charge is 2.36. The second-order valence-corrected chi connectivity index (χ2v) is 4.75. The van der Waals surface area contributed by atoms with Crippen molar-refractivity contribution in [3.05, 3.63) is 0 Å². The van der Waals surface area contributed by atoms with E-state index in [2.05, 4.69) is 18.7 Å². The van der Waals surface area contributed by atoms with Crippen molar-refractivity contribution < 1.29 is 9.90 Å². The van der Waals surface area contributed by atoms with E-state index in [0.29, 0.717) is 5.92 Å². The van der Waals surface area contributed by atoms with Crippen molar-refractivity contribution in [2.75, 3.05) is 13.6 Å². The summed E-state index contributed by atoms with van der Waals surface area (Å²) in [5.41, 5.74) is 0. The van der Waals surface area contributed by atoms with Gasteiger partial charge in [0.15, 0.2) is 0 Å². The Kier molecular flexibility index (Phi) is 3.93. The fraction of sp³-hybridized carbons (Fsp3) is 0.909. The molecule has 0 aromatic rings. The van der Waals surface area contributed by atoms with E-state index < -0.39 is 5.97 Å². The highest BCUT2D eigenvalue weighted by Crippen LogP contribution is 2.27. The van der Waals surface area contributed by atoms with Gasteiger partial charge in [-0.15, -0.1) is 0 Å². The van der Waals surface area contributed by atoms with Gasteiger partial charge in [0.25, 0.3) is 0 Å². The largest absolute Gasteiger partial charge is 0.481 e. The van der Waals surface area contributed by atoms with Crippen molar-refractivity contribution in [3.8, 4) is 0 Å². The minimum atomic E-state index is -0.622. The Morgan fingerprint density at radius 1 is 1.57 bits per heavy atom. The van der Waals surface area contributed by atoms with Crippen LogP contribution in [0.5, 0.6) is 0 Å². The van der Waals surface area contributed by atoms with Crippen LogP contribution in [0.3, 0.4) is 0 Å². The van der Waals surface area contributed by atoms with Crippen LogP contribution >= 0.6 is 0 Å². The Labute approximate surface area is 86.1 Å². The molecule has 2 atom stereocenters. The summed E-state index contributed by atoms with van der Waals surface area (Å²) in [5.74, 6) is -0.0969. The number of rotatable bonds is 4. The minimum Gasteiger partial charge on any atom is -0.481 e. The smallest absolute Gasteiger partial charge is 0.308 e. The second-order valence-electron chi connectivity index (χ2n) is 4.75. The third-order valence-electron chi connectivity index (χ3n) is 3.18. The van der Waals surface area contributed by atoms with Gasteiger partial charge in [0.1, 0.15) is 0 Å². The van der Waals surface area contributed by atoms with Crippen molar-refractivity contribution in [2.24, 2.45) is 11.8 Å². The Hall–Kier alpha value is -0.570. The van der Waals surface area contributed by atoms with Gasteiger partial charge < -0.3 is 10.0 Å². The maximum absolute atomic E-state index is 11.0. The van der Waals surface area contributed by atoms with Crippen LogP contribution in [0.2, 0.25) is 0 Å². The molecule has 0 radical (unpaired) electrons. The molecule has 0 aromatic heterocycles. The molecular weight excluding hydrogens is 178 g/mol. The maximum Gasteiger partial charge on any atom is 0.308 e. The van der Waals surface area contributed by atoms with Gasteiger partial charge in [-0.3, -0.25) is 4.79 Å². The number of likely N-dealkylation sites (tertiary alicyclic amines) is 1. The third kappa shape index (κ3) is 2.71. The Bertz CT molecular complexity index is 203. The molecule has 2 unspecified atom stereocenters. The van der Waals surface area contributed by atoms with Crippen molar-refractivity contribution in [3.63, 3.8) is 0 Å². The zero-order valence-corrected chi connectivity index (χ0v) is 9.36. The van der Waals surface area contributed by atoms with Gasteiger partial charge in [0.05, 0.1) is 5.92 Å². The van der Waals surface area contributed by atoms with E-state index in [1.165, 1.54) is 0 Å². The van der Waals surface area contributed by atoms with Gasteiger partial charge in [-0.2, -0.15) is 0 Å². The quantitative estimate of drug-likeness (QED) is 0.751. The number of carboxylic acids is 1. The molecule has 82 valence electrons. The molecule has 0 aromatic carbocycles. The molecule has 1 rings (SSSR count). The predicted molar refractivity (Wildman–Crippen MR) is 56.2 cm³/mol. The Morgan fingerprint density at radius 3 is 2.71 bits per heavy atom. The molecule has 0 spiro atoms. The number of hydrogen-bond donors (Lipinski definition) is 1. The molecule has 3 nitrogen and oxygen atoms in total. The molecule has 1 fully saturated rings. The van der Waals surface area contributed by atoms with Crippen LogP contribution in [-0.2, 0) is 4.79 Å². The summed E-state index contributed by atoms with van der Waals surface area (Å²) < 4.78 is 0. The van der Waals surface area contributed by atoms with Crippen LogP contribution in [-0.4, -0.2) is 35.6 Å². The monoisotopic (exact) mass is 199 g/mol. The lowest BCUT2D eigenvalue weighted by atomic mass is 9.94. The number of nitrogens with zero attached hydrogens (tertiary/aromatic N) is 1. The molecule has 1 aliphatic rings. The summed E-state index contributed by atoms with van der Waals surface area (Å²) in [6, 6.07) is 0.259. The van der Waals surface area contributed by atoms with E-state index in [0.717, 1.165) is 25.8 Å². The van der Waals surface area contributed by atoms with E-state index in [9.17, 15) is 4.79 Å². The lowest BCUT2D eigenvalue weighted by molar-refractivity contribution is -0.142. The van der Waals surface area contributed by atoms with Crippen LogP contribution in [0.15, 0.2) is 0 Å². The summed E-state index contributed by atoms with van der Waals surface area (Å²) in [4.78, 5) is 13.2. The summed E-state index contributed by atoms with van der Waals surface area (Å²) in [5, 5.41) is 9.04. The van der Waals surface area contributed by atoms with Crippen molar-refractivity contribution >= 4 is 5.97 Å². The summed E-state index contributed by atoms with van der Waals surface area (Å²) in [6.45, 7) is 5.30. The minimum absolute atomic E-state index is 0.140. The molecule has 1 N–H and O–H groups in total. The van der Waals surface area contributed by atoms with Crippen LogP contribution < -0.4 is 0 Å². The predicted octanol–water partition coefficient (Wildman–Crippen LogP) is 1.83. The van der Waals surface area contributed by atoms with Crippen LogP contribution in [0.4, 0.5) is 0 Å². The summed E-state index contributed by atoms with van der Waals surface area (Å²) in [6.07, 6.45) is 2.96. The highest BCUT2D eigenvalue weighted by molar-refractivity contribution is 5.71. The first-order valence-electron chi connectivity index (χ1n) is 5.45. The maximum atomic E-state index is 11.0. The van der Waals surface area contributed by atoms with E-state index >= 15 is 0 Å². The molecule has 0 aliphatic carbocycles. The van der Waals surface area contributed by atoms with E-state index in [1.54, 1.807) is 0 Å². The summed E-state index contributed by atoms with van der Waals surface area (Å²) >= 11 is 0. The molecule has 3 heteroatoms. The lowest BCUT2D eigenvalue weighted by Gasteiger charge is -2.23. The van der Waals surface area contributed by atoms with Gasteiger partial charge in [-0.05, 0) is 38.8 Å². The van der Waals surface area contributed by atoms with Gasteiger partial charge in [0.2, 0.25) is 0 Å². The van der Waals surface area contributed by atoms with Crippen molar-refractivity contribution in [1.29, 1.82) is 0 Å². The Morgan fingerprint density at radius 2 is 2.21 bits per heavy atom. The number of hydrogen-bond acceptors (Lipinski definition) is 2. The van der Waals surface area contributed by atoms with Gasteiger partial charge in [0, 0.05) is 6.04 Å². The number of carboxylic acid groups (broad SMARTS) is 1. The molecule has 0 saturated carbocycles. The van der Waals surface area contributed by atoms with Crippen LogP contribution in [0, 0.1) is 11.8 Å². The normalized spacial score (nSPS) is 28.6. The molecule has 0 bridgehead atoms. The zero-order valence-electron chi connectivity index (χ0n) is 9.36. The first-order chi connectivity index (χ1) is 6.52. The third-order valence-corrected chi connectivity index (χ3v) is 3.18. The van der Waals surface area contributed by atoms with Gasteiger partial charge in [-0.1, -0.05) is 13.8 Å². The first-order valence-corrected chi connectivity index (χ1v) is 5.45. The number of carbonyl (C=O) groups is 1. The fourth-order valence-electron chi connectivity index (χ4n) is 2.22. The van der Waals surface area contributed by atoms with Crippen molar-refractivity contribution in [1.82, 2.24) is 4.90 Å². The SMILES string of the molecule is CC(C)CCC1C(C(=O)O)CCN1C. The lowest BCUT2D eigenvalue weighted by Crippen LogP contribution is -2.33. The molecule has 1 aliphatic heterocycles. The highest BCUT2D eigenvalue weighted by atomic mass is 16.4. The van der Waals surface area contributed by atoms with E-state index in [4.69, 9.17) is 5.11 Å². The van der Waals surface area contributed by atoms with Gasteiger partial charge >= 0.3 is 5.97 Å². The second kappa shape index (κ2) is 4.78. The summed E-state index contributed by atoms with van der Waals surface area (Å²) in [7, 11) is 2.04. The molecule has 14 heavy (non-hydrogen) atoms. The topological polar surface area (TPSA) is 40.5 Å². The molecular formula is C11H21NO2. The van der Waals surface area contributed by atoms with E-state index in [-0.39, 0.29) is 12.0 Å². The van der Waals surface area contributed by atoms with Gasteiger partial charge in [-0.25, -0.2) is 0 Å². The van der Waals surface area contributed by atoms with Crippen LogP contribution in [0.25, 0.3) is 0 Å². The van der Waals surface area contributed by atoms with Crippen molar-refractivity contribution in [2.45, 2.75) is 39.2 Å². The molecule has 1 saturated heterocycles. The average Bonchev–Trinajstić information content (AvgIpc) is 2.43. The average molecular weight is 199 g/mol. The fourth-order valence-corrected chi connectivity index (χ4v) is 2.22. The first kappa shape index (κ1) is 11.5. The standard InChI is InChI=1S/C11H21NO2/c1-8(2)4-5-10-9(11(13)14)6-7-12(10)3/h8-10H,4-7H2,1-3H3,(H,13,14).